The van der Waals surface area contributed by atoms with E-state index in [9.17, 15) is 4.79 Å². The molecule has 0 unspecified atom stereocenters. The van der Waals surface area contributed by atoms with Crippen LogP contribution in [0.5, 0.6) is 0 Å². The van der Waals surface area contributed by atoms with Crippen molar-refractivity contribution in [1.29, 1.82) is 0 Å². The molecule has 100 valence electrons. The van der Waals surface area contributed by atoms with Gasteiger partial charge in [-0.2, -0.15) is 5.10 Å². The number of aromatic nitrogens is 1. The maximum absolute atomic E-state index is 12.4. The molecule has 0 saturated heterocycles. The van der Waals surface area contributed by atoms with Crippen molar-refractivity contribution in [3.63, 3.8) is 0 Å². The highest BCUT2D eigenvalue weighted by molar-refractivity contribution is 6.34. The van der Waals surface area contributed by atoms with Crippen LogP contribution in [0.25, 0.3) is 0 Å². The Labute approximate surface area is 117 Å². The maximum atomic E-state index is 12.4. The molecule has 0 spiro atoms. The number of fused-ring (bicyclic) bond motifs is 1. The van der Waals surface area contributed by atoms with Crippen LogP contribution in [0.15, 0.2) is 23.4 Å². The topological polar surface area (TPSA) is 54.4 Å². The van der Waals surface area contributed by atoms with E-state index in [1.165, 1.54) is 0 Å². The average molecular weight is 278 g/mol. The van der Waals surface area contributed by atoms with E-state index in [-0.39, 0.29) is 23.2 Å². The van der Waals surface area contributed by atoms with Crippen molar-refractivity contribution >= 4 is 23.1 Å². The summed E-state index contributed by atoms with van der Waals surface area (Å²) in [5, 5.41) is 4.75. The summed E-state index contributed by atoms with van der Waals surface area (Å²) in [5.41, 5.74) is 4.64. The van der Waals surface area contributed by atoms with Gasteiger partial charge in [-0.05, 0) is 24.0 Å². The molecule has 1 aliphatic carbocycles. The van der Waals surface area contributed by atoms with Crippen LogP contribution in [-0.4, -0.2) is 22.5 Å². The number of halogens is 1. The third-order valence-electron chi connectivity index (χ3n) is 3.85. The molecule has 2 atom stereocenters. The van der Waals surface area contributed by atoms with Crippen molar-refractivity contribution in [2.45, 2.75) is 32.7 Å². The molecular formula is C14H16ClN3O. The molecule has 0 amide bonds. The Morgan fingerprint density at radius 3 is 3.00 bits per heavy atom. The van der Waals surface area contributed by atoms with Gasteiger partial charge >= 0.3 is 0 Å². The third-order valence-corrected chi connectivity index (χ3v) is 4.16. The van der Waals surface area contributed by atoms with Gasteiger partial charge in [0.15, 0.2) is 0 Å². The molecule has 0 aromatic carbocycles. The molecule has 0 radical (unpaired) electrons. The molecular weight excluding hydrogens is 262 g/mol. The maximum Gasteiger partial charge on any atom is 0.144 e. The van der Waals surface area contributed by atoms with Gasteiger partial charge in [-0.3, -0.25) is 4.79 Å². The van der Waals surface area contributed by atoms with Crippen molar-refractivity contribution in [2.75, 3.05) is 0 Å². The monoisotopic (exact) mass is 277 g/mol. The van der Waals surface area contributed by atoms with E-state index in [0.29, 0.717) is 11.6 Å². The highest BCUT2D eigenvalue weighted by Crippen LogP contribution is 2.40. The van der Waals surface area contributed by atoms with Crippen LogP contribution < -0.4 is 5.43 Å². The normalized spacial score (nSPS) is 28.6. The van der Waals surface area contributed by atoms with Crippen LogP contribution in [-0.2, 0) is 4.79 Å². The highest BCUT2D eigenvalue weighted by atomic mass is 35.5. The van der Waals surface area contributed by atoms with Crippen LogP contribution in [0.2, 0.25) is 5.15 Å². The smallest absolute Gasteiger partial charge is 0.144 e. The molecule has 0 bridgehead atoms. The Morgan fingerprint density at radius 1 is 1.47 bits per heavy atom. The van der Waals surface area contributed by atoms with E-state index in [1.54, 1.807) is 6.20 Å². The lowest BCUT2D eigenvalue weighted by Crippen LogP contribution is -2.45. The van der Waals surface area contributed by atoms with Gasteiger partial charge in [-0.25, -0.2) is 4.98 Å². The molecule has 1 aliphatic heterocycles. The molecule has 2 aliphatic rings. The Balaban J connectivity index is 1.95. The second kappa shape index (κ2) is 4.30. The van der Waals surface area contributed by atoms with Crippen molar-refractivity contribution in [3.05, 3.63) is 29.0 Å². The number of hydrazone groups is 1. The molecule has 3 rings (SSSR count). The summed E-state index contributed by atoms with van der Waals surface area (Å²) in [7, 11) is 0. The first-order valence-electron chi connectivity index (χ1n) is 6.45. The van der Waals surface area contributed by atoms with E-state index < -0.39 is 0 Å². The van der Waals surface area contributed by atoms with Gasteiger partial charge in [-0.1, -0.05) is 25.4 Å². The minimum Gasteiger partial charge on any atom is -0.306 e. The Kier molecular flexibility index (Phi) is 2.86. The lowest BCUT2D eigenvalue weighted by atomic mass is 9.68. The van der Waals surface area contributed by atoms with E-state index >= 15 is 0 Å². The zero-order chi connectivity index (χ0) is 13.6. The first kappa shape index (κ1) is 12.6. The fraction of sp³-hybridized carbons (Fsp3) is 0.500. The predicted molar refractivity (Wildman–Crippen MR) is 74.2 cm³/mol. The number of rotatable bonds is 1. The minimum absolute atomic E-state index is 0.0367. The molecule has 5 heteroatoms. The summed E-state index contributed by atoms with van der Waals surface area (Å²) in [5.74, 6) is 0.0552. The molecule has 1 aromatic heterocycles. The zero-order valence-corrected chi connectivity index (χ0v) is 11.7. The summed E-state index contributed by atoms with van der Waals surface area (Å²) in [6, 6.07) is 3.77. The standard InChI is InChI=1S/C14H16ClN3O/c1-14(2)6-9-11(10(19)7-14)12(18-17-9)8-4-3-5-16-13(8)15/h3-5,9,11,17H,6-7H2,1-2H3/t9-,11+/m1/s1. The largest absolute Gasteiger partial charge is 0.306 e. The van der Waals surface area contributed by atoms with E-state index in [0.717, 1.165) is 17.7 Å². The van der Waals surface area contributed by atoms with Crippen molar-refractivity contribution < 1.29 is 4.79 Å². The summed E-state index contributed by atoms with van der Waals surface area (Å²) in [6.07, 6.45) is 3.17. The van der Waals surface area contributed by atoms with Gasteiger partial charge in [0.1, 0.15) is 10.9 Å². The Hall–Kier alpha value is -1.42. The molecule has 4 nitrogen and oxygen atoms in total. The van der Waals surface area contributed by atoms with Gasteiger partial charge in [0, 0.05) is 18.2 Å². The van der Waals surface area contributed by atoms with Crippen LogP contribution in [0.4, 0.5) is 0 Å². The van der Waals surface area contributed by atoms with Crippen molar-refractivity contribution in [3.8, 4) is 0 Å². The second-order valence-electron chi connectivity index (χ2n) is 6.06. The lowest BCUT2D eigenvalue weighted by molar-refractivity contribution is -0.126. The molecule has 1 saturated carbocycles. The molecule has 1 N–H and O–H groups in total. The summed E-state index contributed by atoms with van der Waals surface area (Å²) in [6.45, 7) is 4.25. The minimum atomic E-state index is -0.185. The van der Waals surface area contributed by atoms with Gasteiger partial charge in [-0.15, -0.1) is 0 Å². The van der Waals surface area contributed by atoms with E-state index in [4.69, 9.17) is 11.6 Å². The second-order valence-corrected chi connectivity index (χ2v) is 6.42. The molecule has 1 fully saturated rings. The van der Waals surface area contributed by atoms with Crippen LogP contribution >= 0.6 is 11.6 Å². The Bertz CT molecular complexity index is 568. The number of hydrogen-bond donors (Lipinski definition) is 1. The number of nitrogens with one attached hydrogen (secondary N) is 1. The van der Waals surface area contributed by atoms with Crippen molar-refractivity contribution in [1.82, 2.24) is 10.4 Å². The number of pyridine rings is 1. The number of carbonyl (C=O) groups excluding carboxylic acids is 1. The lowest BCUT2D eigenvalue weighted by Gasteiger charge is -2.36. The van der Waals surface area contributed by atoms with Crippen LogP contribution in [0.1, 0.15) is 32.3 Å². The number of ketones is 1. The Morgan fingerprint density at radius 2 is 2.26 bits per heavy atom. The van der Waals surface area contributed by atoms with Gasteiger partial charge in [0.2, 0.25) is 0 Å². The van der Waals surface area contributed by atoms with Crippen LogP contribution in [0.3, 0.4) is 0 Å². The number of hydrogen-bond acceptors (Lipinski definition) is 4. The number of Topliss-reactive ketones (excluding diaryl/α,β-unsaturated/α-hetero) is 1. The summed E-state index contributed by atoms with van der Waals surface area (Å²) < 4.78 is 0. The number of carbonyl (C=O) groups is 1. The fourth-order valence-electron chi connectivity index (χ4n) is 3.08. The summed E-state index contributed by atoms with van der Waals surface area (Å²) in [4.78, 5) is 16.5. The van der Waals surface area contributed by atoms with Crippen molar-refractivity contribution in [2.24, 2.45) is 16.4 Å². The number of nitrogens with zero attached hydrogens (tertiary/aromatic N) is 2. The van der Waals surface area contributed by atoms with E-state index in [1.807, 2.05) is 12.1 Å². The SMILES string of the molecule is CC1(C)CC(=O)[C@H]2C(c3cccnc3Cl)=NN[C@@H]2C1. The average Bonchev–Trinajstić information content (AvgIpc) is 2.71. The first-order valence-corrected chi connectivity index (χ1v) is 6.82. The first-order chi connectivity index (χ1) is 8.98. The summed E-state index contributed by atoms with van der Waals surface area (Å²) >= 11 is 6.11. The zero-order valence-electron chi connectivity index (χ0n) is 11.0. The predicted octanol–water partition coefficient (Wildman–Crippen LogP) is 2.42. The molecule has 19 heavy (non-hydrogen) atoms. The van der Waals surface area contributed by atoms with Gasteiger partial charge in [0.25, 0.3) is 0 Å². The quantitative estimate of drug-likeness (QED) is 0.802. The highest BCUT2D eigenvalue weighted by Gasteiger charge is 2.46. The van der Waals surface area contributed by atoms with Gasteiger partial charge in [0.05, 0.1) is 17.7 Å². The third kappa shape index (κ3) is 2.14. The molecule has 2 heterocycles. The molecule has 1 aromatic rings. The van der Waals surface area contributed by atoms with Gasteiger partial charge < -0.3 is 5.43 Å². The van der Waals surface area contributed by atoms with E-state index in [2.05, 4.69) is 29.4 Å². The van der Waals surface area contributed by atoms with Crippen LogP contribution in [0, 0.1) is 11.3 Å². The fourth-order valence-corrected chi connectivity index (χ4v) is 3.30.